The Labute approximate surface area is 117 Å². The van der Waals surface area contributed by atoms with E-state index in [0.717, 1.165) is 5.56 Å². The zero-order valence-electron chi connectivity index (χ0n) is 11.3. The van der Waals surface area contributed by atoms with Gasteiger partial charge in [0.15, 0.2) is 0 Å². The second kappa shape index (κ2) is 6.06. The molecule has 2 aromatic rings. The summed E-state index contributed by atoms with van der Waals surface area (Å²) in [6, 6.07) is 11.9. The molecule has 1 amide bonds. The van der Waals surface area contributed by atoms with Crippen LogP contribution in [-0.2, 0) is 6.54 Å². The lowest BCUT2D eigenvalue weighted by Crippen LogP contribution is -2.32. The fraction of sp³-hybridized carbons (Fsp3) is 0.200. The molecule has 104 valence electrons. The predicted octanol–water partition coefficient (Wildman–Crippen LogP) is 1.62. The summed E-state index contributed by atoms with van der Waals surface area (Å²) in [4.78, 5) is 27.8. The van der Waals surface area contributed by atoms with Crippen molar-refractivity contribution < 1.29 is 4.79 Å². The minimum atomic E-state index is -0.278. The Balaban J connectivity index is 2.17. The molecule has 5 heteroatoms. The average Bonchev–Trinajstić information content (AvgIpc) is 2.46. The highest BCUT2D eigenvalue weighted by Gasteiger charge is 2.15. The van der Waals surface area contributed by atoms with Gasteiger partial charge in [-0.15, -0.1) is 0 Å². The van der Waals surface area contributed by atoms with E-state index in [4.69, 9.17) is 5.73 Å². The minimum Gasteiger partial charge on any atom is -0.399 e. The van der Waals surface area contributed by atoms with E-state index in [1.54, 1.807) is 29.2 Å². The molecule has 1 aromatic carbocycles. The third-order valence-electron chi connectivity index (χ3n) is 3.02. The molecule has 0 aliphatic carbocycles. The number of nitrogen functional groups attached to an aromatic ring is 1. The number of aromatic nitrogens is 1. The van der Waals surface area contributed by atoms with E-state index in [2.05, 4.69) is 4.98 Å². The van der Waals surface area contributed by atoms with Gasteiger partial charge in [0.1, 0.15) is 5.69 Å². The van der Waals surface area contributed by atoms with Crippen LogP contribution in [0.25, 0.3) is 0 Å². The normalized spacial score (nSPS) is 10.2. The van der Waals surface area contributed by atoms with Crippen molar-refractivity contribution in [3.8, 4) is 0 Å². The zero-order valence-corrected chi connectivity index (χ0v) is 11.3. The fourth-order valence-corrected chi connectivity index (χ4v) is 1.91. The number of carbonyl (C=O) groups is 1. The lowest BCUT2D eigenvalue weighted by atomic mass is 10.2. The van der Waals surface area contributed by atoms with Gasteiger partial charge >= 0.3 is 0 Å². The summed E-state index contributed by atoms with van der Waals surface area (Å²) < 4.78 is 0. The number of rotatable bonds is 4. The van der Waals surface area contributed by atoms with Crippen molar-refractivity contribution in [3.05, 3.63) is 64.1 Å². The molecule has 0 atom stereocenters. The number of hydrogen-bond donors (Lipinski definition) is 2. The van der Waals surface area contributed by atoms with Gasteiger partial charge in [-0.3, -0.25) is 9.59 Å². The standard InChI is InChI=1S/C15H17N3O2/c1-2-18(10-11-6-8-12(16)9-7-11)15(20)13-4-3-5-14(19)17-13/h3-9H,2,10,16H2,1H3,(H,17,19). The molecular weight excluding hydrogens is 254 g/mol. The van der Waals surface area contributed by atoms with Crippen LogP contribution in [-0.4, -0.2) is 22.3 Å². The van der Waals surface area contributed by atoms with Crippen LogP contribution in [0.2, 0.25) is 0 Å². The summed E-state index contributed by atoms with van der Waals surface area (Å²) in [7, 11) is 0. The molecule has 0 fully saturated rings. The van der Waals surface area contributed by atoms with Crippen LogP contribution < -0.4 is 11.3 Å². The van der Waals surface area contributed by atoms with Gasteiger partial charge in [0.2, 0.25) is 5.56 Å². The largest absolute Gasteiger partial charge is 0.399 e. The Bertz CT molecular complexity index is 647. The summed E-state index contributed by atoms with van der Waals surface area (Å²) in [6.45, 7) is 2.93. The van der Waals surface area contributed by atoms with E-state index in [1.807, 2.05) is 19.1 Å². The smallest absolute Gasteiger partial charge is 0.270 e. The Morgan fingerprint density at radius 3 is 2.50 bits per heavy atom. The molecule has 0 saturated carbocycles. The molecule has 0 radical (unpaired) electrons. The number of anilines is 1. The third kappa shape index (κ3) is 3.26. The molecule has 0 aliphatic heterocycles. The van der Waals surface area contributed by atoms with Gasteiger partial charge in [0.25, 0.3) is 5.91 Å². The molecule has 0 spiro atoms. The molecular formula is C15H17N3O2. The van der Waals surface area contributed by atoms with Gasteiger partial charge in [-0.05, 0) is 30.7 Å². The number of nitrogens with one attached hydrogen (secondary N) is 1. The first-order valence-electron chi connectivity index (χ1n) is 6.43. The van der Waals surface area contributed by atoms with Crippen molar-refractivity contribution >= 4 is 11.6 Å². The minimum absolute atomic E-state index is 0.193. The van der Waals surface area contributed by atoms with Crippen molar-refractivity contribution in [2.45, 2.75) is 13.5 Å². The van der Waals surface area contributed by atoms with Crippen LogP contribution in [0.3, 0.4) is 0 Å². The van der Waals surface area contributed by atoms with Gasteiger partial charge in [0.05, 0.1) is 0 Å². The number of benzene rings is 1. The lowest BCUT2D eigenvalue weighted by Gasteiger charge is -2.20. The number of hydrogen-bond acceptors (Lipinski definition) is 3. The van der Waals surface area contributed by atoms with Crippen LogP contribution >= 0.6 is 0 Å². The van der Waals surface area contributed by atoms with Crippen LogP contribution in [0.15, 0.2) is 47.3 Å². The Kier molecular flexibility index (Phi) is 4.20. The first-order chi connectivity index (χ1) is 9.60. The summed E-state index contributed by atoms with van der Waals surface area (Å²) in [5, 5.41) is 0. The number of nitrogens with two attached hydrogens (primary N) is 1. The molecule has 1 heterocycles. The SMILES string of the molecule is CCN(Cc1ccc(N)cc1)C(=O)c1cccc(=O)[nH]1. The van der Waals surface area contributed by atoms with E-state index in [0.29, 0.717) is 24.5 Å². The molecule has 0 aliphatic rings. The van der Waals surface area contributed by atoms with Crippen LogP contribution in [0.1, 0.15) is 23.0 Å². The summed E-state index contributed by atoms with van der Waals surface area (Å²) in [6.07, 6.45) is 0. The summed E-state index contributed by atoms with van der Waals surface area (Å²) in [5.41, 5.74) is 7.34. The summed E-state index contributed by atoms with van der Waals surface area (Å²) in [5.74, 6) is -0.193. The quantitative estimate of drug-likeness (QED) is 0.829. The number of H-pyrrole nitrogens is 1. The van der Waals surface area contributed by atoms with E-state index in [9.17, 15) is 9.59 Å². The van der Waals surface area contributed by atoms with Gasteiger partial charge in [-0.1, -0.05) is 18.2 Å². The zero-order chi connectivity index (χ0) is 14.5. The van der Waals surface area contributed by atoms with Crippen LogP contribution in [0, 0.1) is 0 Å². The number of pyridine rings is 1. The maximum absolute atomic E-state index is 12.3. The van der Waals surface area contributed by atoms with Crippen LogP contribution in [0.4, 0.5) is 5.69 Å². The number of carbonyl (C=O) groups excluding carboxylic acids is 1. The molecule has 1 aromatic heterocycles. The molecule has 3 N–H and O–H groups in total. The Morgan fingerprint density at radius 1 is 1.20 bits per heavy atom. The molecule has 5 nitrogen and oxygen atoms in total. The highest BCUT2D eigenvalue weighted by atomic mass is 16.2. The average molecular weight is 271 g/mol. The number of nitrogens with zero attached hydrogens (tertiary/aromatic N) is 1. The highest BCUT2D eigenvalue weighted by Crippen LogP contribution is 2.10. The van der Waals surface area contributed by atoms with Crippen molar-refractivity contribution in [1.82, 2.24) is 9.88 Å². The highest BCUT2D eigenvalue weighted by molar-refractivity contribution is 5.92. The first kappa shape index (κ1) is 13.9. The van der Waals surface area contributed by atoms with E-state index >= 15 is 0 Å². The number of aromatic amines is 1. The van der Waals surface area contributed by atoms with Crippen molar-refractivity contribution in [2.75, 3.05) is 12.3 Å². The Morgan fingerprint density at radius 2 is 1.90 bits per heavy atom. The van der Waals surface area contributed by atoms with Gasteiger partial charge in [0, 0.05) is 24.8 Å². The fourth-order valence-electron chi connectivity index (χ4n) is 1.91. The van der Waals surface area contributed by atoms with Gasteiger partial charge in [-0.2, -0.15) is 0 Å². The summed E-state index contributed by atoms with van der Waals surface area (Å²) >= 11 is 0. The first-order valence-corrected chi connectivity index (χ1v) is 6.43. The topological polar surface area (TPSA) is 79.2 Å². The maximum Gasteiger partial charge on any atom is 0.270 e. The molecule has 0 saturated heterocycles. The van der Waals surface area contributed by atoms with Gasteiger partial charge in [-0.25, -0.2) is 0 Å². The second-order valence-corrected chi connectivity index (χ2v) is 4.49. The predicted molar refractivity (Wildman–Crippen MR) is 78.3 cm³/mol. The van der Waals surface area contributed by atoms with Crippen molar-refractivity contribution in [3.63, 3.8) is 0 Å². The third-order valence-corrected chi connectivity index (χ3v) is 3.02. The molecule has 0 bridgehead atoms. The lowest BCUT2D eigenvalue weighted by molar-refractivity contribution is 0.0746. The number of amides is 1. The van der Waals surface area contributed by atoms with E-state index in [-0.39, 0.29) is 11.5 Å². The second-order valence-electron chi connectivity index (χ2n) is 4.49. The molecule has 0 unspecified atom stereocenters. The molecule has 2 rings (SSSR count). The van der Waals surface area contributed by atoms with E-state index < -0.39 is 0 Å². The van der Waals surface area contributed by atoms with Crippen LogP contribution in [0.5, 0.6) is 0 Å². The van der Waals surface area contributed by atoms with Crippen molar-refractivity contribution in [2.24, 2.45) is 0 Å². The monoisotopic (exact) mass is 271 g/mol. The van der Waals surface area contributed by atoms with Gasteiger partial charge < -0.3 is 15.6 Å². The Hall–Kier alpha value is -2.56. The maximum atomic E-state index is 12.3. The van der Waals surface area contributed by atoms with E-state index in [1.165, 1.54) is 6.07 Å². The molecule has 20 heavy (non-hydrogen) atoms. The van der Waals surface area contributed by atoms with Crippen molar-refractivity contribution in [1.29, 1.82) is 0 Å².